The molecule has 0 bridgehead atoms. The molecule has 0 amide bonds. The molecule has 0 unspecified atom stereocenters. The molecule has 1 aromatic heterocycles. The summed E-state index contributed by atoms with van der Waals surface area (Å²) in [5, 5.41) is 0. The predicted molar refractivity (Wildman–Crippen MR) is 49.1 cm³/mol. The van der Waals surface area contributed by atoms with E-state index in [-0.39, 0.29) is 18.4 Å². The van der Waals surface area contributed by atoms with E-state index in [0.717, 1.165) is 0 Å². The van der Waals surface area contributed by atoms with Gasteiger partial charge in [0.05, 0.1) is 26.6 Å². The third-order valence-electron chi connectivity index (χ3n) is 1.47. The number of anilines is 1. The molecule has 2 N–H and O–H groups in total. The Morgan fingerprint density at radius 3 is 3.00 bits per heavy atom. The van der Waals surface area contributed by atoms with E-state index in [1.807, 2.05) is 0 Å². The van der Waals surface area contributed by atoms with Crippen LogP contribution in [0.3, 0.4) is 0 Å². The lowest BCUT2D eigenvalue weighted by atomic mass is 10.5. The van der Waals surface area contributed by atoms with E-state index < -0.39 is 6.67 Å². The molecule has 1 rings (SSSR count). The van der Waals surface area contributed by atoms with Crippen molar-refractivity contribution < 1.29 is 13.9 Å². The van der Waals surface area contributed by atoms with Crippen LogP contribution in [-0.4, -0.2) is 30.4 Å². The molecule has 1 aromatic rings. The largest absolute Gasteiger partial charge is 0.487 e. The number of halogens is 1. The van der Waals surface area contributed by atoms with Gasteiger partial charge in [-0.15, -0.1) is 0 Å². The van der Waals surface area contributed by atoms with Crippen LogP contribution in [0, 0.1) is 0 Å². The quantitative estimate of drug-likeness (QED) is 0.713. The number of aromatic nitrogens is 2. The first-order valence-corrected chi connectivity index (χ1v) is 4.13. The van der Waals surface area contributed by atoms with Gasteiger partial charge in [0.1, 0.15) is 0 Å². The van der Waals surface area contributed by atoms with Gasteiger partial charge in [-0.3, -0.25) is 4.39 Å². The van der Waals surface area contributed by atoms with E-state index in [1.54, 1.807) is 0 Å². The lowest BCUT2D eigenvalue weighted by Crippen LogP contribution is -2.04. The minimum absolute atomic E-state index is 0.111. The second kappa shape index (κ2) is 5.21. The highest BCUT2D eigenvalue weighted by Gasteiger charge is 2.06. The molecular formula is C8H12FN3O2. The first-order valence-electron chi connectivity index (χ1n) is 4.13. The van der Waals surface area contributed by atoms with Gasteiger partial charge in [0, 0.05) is 6.42 Å². The number of methoxy groups -OCH3 is 1. The maximum absolute atomic E-state index is 11.8. The van der Waals surface area contributed by atoms with Gasteiger partial charge in [0.15, 0.2) is 5.75 Å². The number of nitrogens with zero attached hydrogens (tertiary/aromatic N) is 2. The maximum atomic E-state index is 11.8. The first-order chi connectivity index (χ1) is 6.77. The average Bonchev–Trinajstić information content (AvgIpc) is 2.20. The topological polar surface area (TPSA) is 70.3 Å². The summed E-state index contributed by atoms with van der Waals surface area (Å²) in [6, 6.07) is 0. The first kappa shape index (κ1) is 10.5. The highest BCUT2D eigenvalue weighted by molar-refractivity contribution is 5.35. The number of nitrogens with two attached hydrogens (primary N) is 1. The molecule has 0 aromatic carbocycles. The van der Waals surface area contributed by atoms with Crippen molar-refractivity contribution in [3.05, 3.63) is 6.20 Å². The van der Waals surface area contributed by atoms with Crippen molar-refractivity contribution in [3.63, 3.8) is 0 Å². The number of hydrogen-bond donors (Lipinski definition) is 1. The van der Waals surface area contributed by atoms with Gasteiger partial charge in [-0.05, 0) is 0 Å². The molecule has 0 saturated carbocycles. The van der Waals surface area contributed by atoms with E-state index in [0.29, 0.717) is 12.2 Å². The molecule has 0 spiro atoms. The normalized spacial score (nSPS) is 9.86. The van der Waals surface area contributed by atoms with E-state index in [1.165, 1.54) is 13.3 Å². The van der Waals surface area contributed by atoms with Gasteiger partial charge >= 0.3 is 0 Å². The van der Waals surface area contributed by atoms with Crippen molar-refractivity contribution in [2.24, 2.45) is 0 Å². The van der Waals surface area contributed by atoms with Crippen LogP contribution in [0.5, 0.6) is 11.6 Å². The zero-order valence-electron chi connectivity index (χ0n) is 7.86. The summed E-state index contributed by atoms with van der Waals surface area (Å²) in [4.78, 5) is 7.53. The number of alkyl halides is 1. The van der Waals surface area contributed by atoms with Crippen LogP contribution < -0.4 is 15.2 Å². The molecule has 0 fully saturated rings. The zero-order valence-corrected chi connectivity index (χ0v) is 7.86. The summed E-state index contributed by atoms with van der Waals surface area (Å²) in [7, 11) is 1.45. The van der Waals surface area contributed by atoms with E-state index in [9.17, 15) is 4.39 Å². The zero-order chi connectivity index (χ0) is 10.4. The Kier molecular flexibility index (Phi) is 3.90. The minimum Gasteiger partial charge on any atom is -0.487 e. The summed E-state index contributed by atoms with van der Waals surface area (Å²) in [5.74, 6) is 0.742. The summed E-state index contributed by atoms with van der Waals surface area (Å²) in [5.41, 5.74) is 5.34. The standard InChI is InChI=1S/C8H12FN3O2/c1-13-7-6(14-4-2-3-9)5-11-8(10)12-7/h5H,2-4H2,1H3,(H2,10,11,12). The van der Waals surface area contributed by atoms with Crippen LogP contribution in [0.15, 0.2) is 6.20 Å². The second-order valence-corrected chi connectivity index (χ2v) is 2.49. The lowest BCUT2D eigenvalue weighted by molar-refractivity contribution is 0.268. The van der Waals surface area contributed by atoms with Crippen molar-refractivity contribution in [1.29, 1.82) is 0 Å². The Hall–Kier alpha value is -1.59. The lowest BCUT2D eigenvalue weighted by Gasteiger charge is -2.08. The fourth-order valence-corrected chi connectivity index (χ4v) is 0.850. The van der Waals surface area contributed by atoms with Crippen LogP contribution in [0.2, 0.25) is 0 Å². The Labute approximate surface area is 81.1 Å². The number of ether oxygens (including phenoxy) is 2. The minimum atomic E-state index is -0.419. The van der Waals surface area contributed by atoms with Crippen LogP contribution in [0.4, 0.5) is 10.3 Å². The highest BCUT2D eigenvalue weighted by Crippen LogP contribution is 2.23. The maximum Gasteiger partial charge on any atom is 0.261 e. The highest BCUT2D eigenvalue weighted by atomic mass is 19.1. The summed E-state index contributed by atoms with van der Waals surface area (Å²) < 4.78 is 21.9. The van der Waals surface area contributed by atoms with Crippen molar-refractivity contribution in [1.82, 2.24) is 9.97 Å². The van der Waals surface area contributed by atoms with Crippen LogP contribution in [0.25, 0.3) is 0 Å². The Bertz CT molecular complexity index is 296. The summed E-state index contributed by atoms with van der Waals surface area (Å²) >= 11 is 0. The molecule has 5 nitrogen and oxygen atoms in total. The smallest absolute Gasteiger partial charge is 0.261 e. The van der Waals surface area contributed by atoms with Crippen molar-refractivity contribution in [2.45, 2.75) is 6.42 Å². The van der Waals surface area contributed by atoms with Gasteiger partial charge < -0.3 is 15.2 Å². The summed E-state index contributed by atoms with van der Waals surface area (Å²) in [6.07, 6.45) is 1.73. The van der Waals surface area contributed by atoms with Gasteiger partial charge in [-0.25, -0.2) is 4.98 Å². The average molecular weight is 201 g/mol. The Morgan fingerprint density at radius 2 is 2.36 bits per heavy atom. The molecule has 0 aliphatic heterocycles. The third-order valence-corrected chi connectivity index (χ3v) is 1.47. The van der Waals surface area contributed by atoms with Gasteiger partial charge in [0.2, 0.25) is 5.95 Å². The Balaban J connectivity index is 2.65. The molecule has 0 saturated heterocycles. The monoisotopic (exact) mass is 201 g/mol. The number of rotatable bonds is 5. The molecule has 78 valence electrons. The molecule has 6 heteroatoms. The summed E-state index contributed by atoms with van der Waals surface area (Å²) in [6.45, 7) is -0.154. The molecule has 1 heterocycles. The predicted octanol–water partition coefficient (Wildman–Crippen LogP) is 0.806. The van der Waals surface area contributed by atoms with Crippen LogP contribution >= 0.6 is 0 Å². The molecule has 0 atom stereocenters. The fraction of sp³-hybridized carbons (Fsp3) is 0.500. The van der Waals surface area contributed by atoms with E-state index in [4.69, 9.17) is 15.2 Å². The Morgan fingerprint density at radius 1 is 1.57 bits per heavy atom. The molecule has 0 aliphatic carbocycles. The van der Waals surface area contributed by atoms with Gasteiger partial charge in [0.25, 0.3) is 5.88 Å². The number of nitrogen functional groups attached to an aromatic ring is 1. The fourth-order valence-electron chi connectivity index (χ4n) is 0.850. The van der Waals surface area contributed by atoms with Crippen LogP contribution in [-0.2, 0) is 0 Å². The molecule has 14 heavy (non-hydrogen) atoms. The van der Waals surface area contributed by atoms with Gasteiger partial charge in [-0.1, -0.05) is 0 Å². The third kappa shape index (κ3) is 2.72. The number of hydrogen-bond acceptors (Lipinski definition) is 5. The van der Waals surface area contributed by atoms with Crippen molar-refractivity contribution in [2.75, 3.05) is 26.1 Å². The van der Waals surface area contributed by atoms with E-state index >= 15 is 0 Å². The second-order valence-electron chi connectivity index (χ2n) is 2.49. The molecule has 0 aliphatic rings. The van der Waals surface area contributed by atoms with Crippen molar-refractivity contribution in [3.8, 4) is 11.6 Å². The molecule has 0 radical (unpaired) electrons. The van der Waals surface area contributed by atoms with E-state index in [2.05, 4.69) is 9.97 Å². The van der Waals surface area contributed by atoms with Gasteiger partial charge in [-0.2, -0.15) is 4.98 Å². The van der Waals surface area contributed by atoms with Crippen molar-refractivity contribution >= 4 is 5.95 Å². The van der Waals surface area contributed by atoms with Crippen LogP contribution in [0.1, 0.15) is 6.42 Å². The SMILES string of the molecule is COc1nc(N)ncc1OCCCF. The molecular weight excluding hydrogens is 189 g/mol.